The zero-order valence-electron chi connectivity index (χ0n) is 25.3. The summed E-state index contributed by atoms with van der Waals surface area (Å²) in [6, 6.07) is 12.9. The summed E-state index contributed by atoms with van der Waals surface area (Å²) in [4.78, 5) is 44.9. The van der Waals surface area contributed by atoms with Crippen LogP contribution in [0.15, 0.2) is 65.3 Å². The Labute approximate surface area is 254 Å². The summed E-state index contributed by atoms with van der Waals surface area (Å²) in [5, 5.41) is 20.8. The van der Waals surface area contributed by atoms with E-state index in [9.17, 15) is 18.8 Å². The molecule has 0 bridgehead atoms. The Hall–Kier alpha value is -5.14. The predicted molar refractivity (Wildman–Crippen MR) is 160 cm³/mol. The first-order valence-electron chi connectivity index (χ1n) is 14.0. The minimum absolute atomic E-state index is 0.133. The molecule has 3 amide bonds. The van der Waals surface area contributed by atoms with Crippen molar-refractivity contribution in [1.29, 1.82) is 0 Å². The summed E-state index contributed by atoms with van der Waals surface area (Å²) in [5.41, 5.74) is 2.18. The van der Waals surface area contributed by atoms with Gasteiger partial charge in [0.25, 0.3) is 11.8 Å². The molecule has 232 valence electrons. The summed E-state index contributed by atoms with van der Waals surface area (Å²) >= 11 is 0. The maximum absolute atomic E-state index is 13.2. The number of halogens is 1. The maximum atomic E-state index is 13.2. The first-order chi connectivity index (χ1) is 20.9. The Kier molecular flexibility index (Phi) is 10.0. The number of aliphatic imine (C=N–C) groups is 1. The van der Waals surface area contributed by atoms with Gasteiger partial charge >= 0.3 is 6.09 Å². The number of aromatic nitrogens is 4. The molecule has 1 atom stereocenters. The van der Waals surface area contributed by atoms with Gasteiger partial charge in [0.15, 0.2) is 0 Å². The van der Waals surface area contributed by atoms with E-state index >= 15 is 0 Å². The number of nitrogens with zero attached hydrogens (tertiary/aromatic N) is 6. The molecule has 2 aromatic carbocycles. The lowest BCUT2D eigenvalue weighted by Gasteiger charge is -2.25. The van der Waals surface area contributed by atoms with Crippen molar-refractivity contribution in [3.63, 3.8) is 0 Å². The number of amides is 3. The predicted octanol–water partition coefficient (Wildman–Crippen LogP) is 2.73. The lowest BCUT2D eigenvalue weighted by Crippen LogP contribution is -2.39. The van der Waals surface area contributed by atoms with Gasteiger partial charge in [-0.05, 0) is 62.2 Å². The number of rotatable bonds is 10. The second kappa shape index (κ2) is 13.9. The van der Waals surface area contributed by atoms with Crippen LogP contribution in [0.3, 0.4) is 0 Å². The third-order valence-electron chi connectivity index (χ3n) is 6.42. The van der Waals surface area contributed by atoms with Crippen LogP contribution < -0.4 is 16.0 Å². The van der Waals surface area contributed by atoms with Crippen molar-refractivity contribution in [3.8, 4) is 11.4 Å². The maximum Gasteiger partial charge on any atom is 0.407 e. The minimum atomic E-state index is -0.580. The molecule has 44 heavy (non-hydrogen) atoms. The first-order valence-corrected chi connectivity index (χ1v) is 14.0. The van der Waals surface area contributed by atoms with Gasteiger partial charge in [0.2, 0.25) is 5.82 Å². The van der Waals surface area contributed by atoms with Gasteiger partial charge in [-0.1, -0.05) is 36.4 Å². The molecule has 4 rings (SSSR count). The molecule has 0 saturated carbocycles. The van der Waals surface area contributed by atoms with E-state index in [1.807, 2.05) is 31.2 Å². The van der Waals surface area contributed by atoms with Crippen LogP contribution in [0.2, 0.25) is 0 Å². The van der Waals surface area contributed by atoms with E-state index in [1.165, 1.54) is 23.0 Å². The van der Waals surface area contributed by atoms with E-state index in [1.54, 1.807) is 44.9 Å². The van der Waals surface area contributed by atoms with Gasteiger partial charge in [0.1, 0.15) is 29.5 Å². The number of tetrazole rings is 1. The monoisotopic (exact) mass is 605 g/mol. The van der Waals surface area contributed by atoms with Gasteiger partial charge in [-0.15, -0.1) is 10.2 Å². The number of hydrogen-bond acceptors (Lipinski definition) is 9. The summed E-state index contributed by atoms with van der Waals surface area (Å²) in [6.07, 6.45) is 0.936. The van der Waals surface area contributed by atoms with Gasteiger partial charge in [-0.25, -0.2) is 9.18 Å². The van der Waals surface area contributed by atoms with Crippen molar-refractivity contribution in [2.45, 2.75) is 52.4 Å². The molecule has 0 saturated heterocycles. The highest BCUT2D eigenvalue weighted by Gasteiger charge is 2.23. The molecule has 1 aliphatic rings. The minimum Gasteiger partial charge on any atom is -0.444 e. The molecule has 0 unspecified atom stereocenters. The van der Waals surface area contributed by atoms with E-state index in [0.717, 1.165) is 16.7 Å². The Balaban J connectivity index is 1.30. The smallest absolute Gasteiger partial charge is 0.407 e. The number of alkyl carbamates (subject to hydrolysis) is 1. The van der Waals surface area contributed by atoms with Gasteiger partial charge in [-0.3, -0.25) is 14.6 Å². The number of benzene rings is 2. The highest BCUT2D eigenvalue weighted by Crippen LogP contribution is 2.20. The first kappa shape index (κ1) is 31.8. The van der Waals surface area contributed by atoms with E-state index in [-0.39, 0.29) is 43.2 Å². The fourth-order valence-electron chi connectivity index (χ4n) is 4.10. The fraction of sp³-hybridized carbons (Fsp3) is 0.367. The second-order valence-corrected chi connectivity index (χ2v) is 11.2. The highest BCUT2D eigenvalue weighted by molar-refractivity contribution is 6.44. The highest BCUT2D eigenvalue weighted by atomic mass is 19.1. The molecule has 0 radical (unpaired) electrons. The molecular formula is C30H36FN9O4. The van der Waals surface area contributed by atoms with E-state index < -0.39 is 17.6 Å². The zero-order valence-corrected chi connectivity index (χ0v) is 25.3. The van der Waals surface area contributed by atoms with Crippen LogP contribution in [0.5, 0.6) is 0 Å². The summed E-state index contributed by atoms with van der Waals surface area (Å²) in [7, 11) is 1.72. The third kappa shape index (κ3) is 8.93. The zero-order chi connectivity index (χ0) is 31.9. The van der Waals surface area contributed by atoms with Crippen LogP contribution >= 0.6 is 0 Å². The van der Waals surface area contributed by atoms with Crippen LogP contribution in [-0.4, -0.2) is 74.6 Å². The van der Waals surface area contributed by atoms with Gasteiger partial charge in [0, 0.05) is 25.7 Å². The standard InChI is InChI=1S/C30H36FN9O4/c1-19(21-8-10-22(11-9-21)26-36-38-40(37-26)15-14-32-29(43)44-30(2,3)4)35-28(42)25-16-24(34-18-39(25)5)27(41)33-17-20-6-12-23(31)13-7-20/h6-13,16,19H,14-15,17-18H2,1-5H3,(H,32,43)(H,33,41)(H,35,42)/t19-/m0/s1. The molecule has 3 N–H and O–H groups in total. The van der Waals surface area contributed by atoms with Crippen molar-refractivity contribution >= 4 is 23.6 Å². The van der Waals surface area contributed by atoms with E-state index in [2.05, 4.69) is 36.4 Å². The van der Waals surface area contributed by atoms with Crippen molar-refractivity contribution in [2.24, 2.45) is 4.99 Å². The van der Waals surface area contributed by atoms with Crippen LogP contribution in [0.1, 0.15) is 44.9 Å². The Morgan fingerprint density at radius 2 is 1.73 bits per heavy atom. The number of nitrogens with one attached hydrogen (secondary N) is 3. The van der Waals surface area contributed by atoms with E-state index in [0.29, 0.717) is 18.1 Å². The SMILES string of the molecule is C[C@H](NC(=O)C1=CC(C(=O)NCc2ccc(F)cc2)=NCN1C)c1ccc(-c2nnn(CCNC(=O)OC(C)(C)C)n2)cc1. The lowest BCUT2D eigenvalue weighted by atomic mass is 10.1. The van der Waals surface area contributed by atoms with Gasteiger partial charge in [-0.2, -0.15) is 4.80 Å². The molecule has 13 nitrogen and oxygen atoms in total. The van der Waals surface area contributed by atoms with Gasteiger partial charge in [0.05, 0.1) is 12.6 Å². The largest absolute Gasteiger partial charge is 0.444 e. The third-order valence-corrected chi connectivity index (χ3v) is 6.42. The molecule has 1 aromatic heterocycles. The number of ether oxygens (including phenoxy) is 1. The van der Waals surface area contributed by atoms with Crippen molar-refractivity contribution in [3.05, 3.63) is 77.2 Å². The molecule has 2 heterocycles. The molecule has 1 aliphatic heterocycles. The average Bonchev–Trinajstić information content (AvgIpc) is 3.45. The van der Waals surface area contributed by atoms with Crippen LogP contribution in [-0.2, 0) is 27.4 Å². The second-order valence-electron chi connectivity index (χ2n) is 11.2. The van der Waals surface area contributed by atoms with Crippen molar-refractivity contribution < 1.29 is 23.5 Å². The topological polar surface area (TPSA) is 156 Å². The van der Waals surface area contributed by atoms with Crippen LogP contribution in [0.25, 0.3) is 11.4 Å². The fourth-order valence-corrected chi connectivity index (χ4v) is 4.10. The Morgan fingerprint density at radius 3 is 2.41 bits per heavy atom. The quantitative estimate of drug-likeness (QED) is 0.319. The van der Waals surface area contributed by atoms with Crippen LogP contribution in [0, 0.1) is 5.82 Å². The molecule has 3 aromatic rings. The van der Waals surface area contributed by atoms with Crippen LogP contribution in [0.4, 0.5) is 9.18 Å². The molecule has 0 fully saturated rings. The Bertz CT molecular complexity index is 1540. The molecule has 14 heteroatoms. The number of likely N-dealkylation sites (N-methyl/N-ethyl adjacent to an activating group) is 1. The lowest BCUT2D eigenvalue weighted by molar-refractivity contribution is -0.119. The summed E-state index contributed by atoms with van der Waals surface area (Å²) in [6.45, 7) is 8.17. The summed E-state index contributed by atoms with van der Waals surface area (Å²) < 4.78 is 18.3. The van der Waals surface area contributed by atoms with E-state index in [4.69, 9.17) is 4.74 Å². The number of carbonyl (C=O) groups excluding carboxylic acids is 3. The van der Waals surface area contributed by atoms with Crippen molar-refractivity contribution in [2.75, 3.05) is 20.3 Å². The molecular weight excluding hydrogens is 569 g/mol. The number of hydrogen-bond donors (Lipinski definition) is 3. The van der Waals surface area contributed by atoms with Crippen molar-refractivity contribution in [1.82, 2.24) is 41.1 Å². The van der Waals surface area contributed by atoms with Gasteiger partial charge < -0.3 is 25.6 Å². The molecule has 0 aliphatic carbocycles. The normalized spacial score (nSPS) is 13.8. The number of carbonyl (C=O) groups is 3. The average molecular weight is 606 g/mol. The Morgan fingerprint density at radius 1 is 1.02 bits per heavy atom. The molecule has 0 spiro atoms. The summed E-state index contributed by atoms with van der Waals surface area (Å²) in [5.74, 6) is -0.717.